The predicted octanol–water partition coefficient (Wildman–Crippen LogP) is 2.63. The third kappa shape index (κ3) is 1.76. The number of nitrogens with one attached hydrogen (secondary N) is 1. The van der Waals surface area contributed by atoms with E-state index in [1.807, 2.05) is 13.0 Å². The Morgan fingerprint density at radius 2 is 2.19 bits per heavy atom. The summed E-state index contributed by atoms with van der Waals surface area (Å²) >= 11 is 0. The molecule has 0 aliphatic carbocycles. The van der Waals surface area contributed by atoms with Gasteiger partial charge in [0.15, 0.2) is 0 Å². The molecule has 1 aromatic carbocycles. The lowest BCUT2D eigenvalue weighted by atomic mass is 9.80. The molecule has 0 aromatic heterocycles. The highest BCUT2D eigenvalue weighted by molar-refractivity contribution is 5.35. The van der Waals surface area contributed by atoms with Crippen molar-refractivity contribution in [1.82, 2.24) is 5.32 Å². The highest BCUT2D eigenvalue weighted by Crippen LogP contribution is 2.38. The molecule has 1 heterocycles. The van der Waals surface area contributed by atoms with Gasteiger partial charge in [0.05, 0.1) is 11.6 Å². The van der Waals surface area contributed by atoms with E-state index in [4.69, 9.17) is 0 Å². The van der Waals surface area contributed by atoms with Crippen LogP contribution in [0.5, 0.6) is 0 Å². The van der Waals surface area contributed by atoms with E-state index in [1.54, 1.807) is 0 Å². The molecule has 3 unspecified atom stereocenters. The molecule has 2 heteroatoms. The van der Waals surface area contributed by atoms with Gasteiger partial charge < -0.3 is 10.4 Å². The molecule has 0 radical (unpaired) electrons. The third-order valence-corrected chi connectivity index (χ3v) is 4.06. The second-order valence-electron chi connectivity index (χ2n) is 5.05. The van der Waals surface area contributed by atoms with Crippen LogP contribution in [0.3, 0.4) is 0 Å². The summed E-state index contributed by atoms with van der Waals surface area (Å²) < 4.78 is 0. The number of aliphatic hydroxyl groups is 1. The number of hydrogen-bond donors (Lipinski definition) is 2. The van der Waals surface area contributed by atoms with E-state index in [1.165, 1.54) is 11.1 Å². The van der Waals surface area contributed by atoms with Gasteiger partial charge in [-0.3, -0.25) is 0 Å². The Balaban J connectivity index is 2.31. The topological polar surface area (TPSA) is 32.3 Å². The number of benzene rings is 1. The van der Waals surface area contributed by atoms with E-state index in [-0.39, 0.29) is 12.0 Å². The molecule has 3 atom stereocenters. The van der Waals surface area contributed by atoms with E-state index < -0.39 is 5.60 Å². The van der Waals surface area contributed by atoms with Crippen molar-refractivity contribution >= 4 is 0 Å². The lowest BCUT2D eigenvalue weighted by Crippen LogP contribution is -2.43. The summed E-state index contributed by atoms with van der Waals surface area (Å²) in [5, 5.41) is 14.1. The standard InChI is InChI=1S/C14H21NO/c1-4-10(2)14(3,16)13-12-8-6-5-7-11(12)9-15-13/h5-8,10,13,15-16H,4,9H2,1-3H3. The van der Waals surface area contributed by atoms with E-state index in [2.05, 4.69) is 37.4 Å². The van der Waals surface area contributed by atoms with E-state index in [9.17, 15) is 5.11 Å². The average molecular weight is 219 g/mol. The maximum absolute atomic E-state index is 10.7. The Hall–Kier alpha value is -0.860. The SMILES string of the molecule is CCC(C)C(C)(O)C1NCc2ccccc21. The van der Waals surface area contributed by atoms with Crippen molar-refractivity contribution < 1.29 is 5.11 Å². The fourth-order valence-electron chi connectivity index (χ4n) is 2.52. The van der Waals surface area contributed by atoms with Gasteiger partial charge in [0.25, 0.3) is 0 Å². The highest BCUT2D eigenvalue weighted by atomic mass is 16.3. The second-order valence-corrected chi connectivity index (χ2v) is 5.05. The number of rotatable bonds is 3. The first-order chi connectivity index (χ1) is 7.57. The molecule has 0 amide bonds. The smallest absolute Gasteiger partial charge is 0.0839 e. The quantitative estimate of drug-likeness (QED) is 0.819. The molecule has 1 aromatic rings. The van der Waals surface area contributed by atoms with Crippen LogP contribution < -0.4 is 5.32 Å². The van der Waals surface area contributed by atoms with Gasteiger partial charge in [-0.15, -0.1) is 0 Å². The molecule has 16 heavy (non-hydrogen) atoms. The van der Waals surface area contributed by atoms with Crippen LogP contribution in [0.15, 0.2) is 24.3 Å². The molecule has 0 bridgehead atoms. The molecule has 88 valence electrons. The average Bonchev–Trinajstić information content (AvgIpc) is 2.72. The molecule has 2 N–H and O–H groups in total. The molecule has 0 saturated heterocycles. The summed E-state index contributed by atoms with van der Waals surface area (Å²) in [5.41, 5.74) is 1.89. The summed E-state index contributed by atoms with van der Waals surface area (Å²) in [7, 11) is 0. The van der Waals surface area contributed by atoms with Gasteiger partial charge in [-0.2, -0.15) is 0 Å². The van der Waals surface area contributed by atoms with Gasteiger partial charge in [0.2, 0.25) is 0 Å². The summed E-state index contributed by atoms with van der Waals surface area (Å²) in [4.78, 5) is 0. The Morgan fingerprint density at radius 3 is 2.88 bits per heavy atom. The van der Waals surface area contributed by atoms with Crippen LogP contribution in [0.1, 0.15) is 44.4 Å². The molecule has 0 fully saturated rings. The zero-order valence-electron chi connectivity index (χ0n) is 10.3. The van der Waals surface area contributed by atoms with Crippen molar-refractivity contribution in [2.24, 2.45) is 5.92 Å². The third-order valence-electron chi connectivity index (χ3n) is 4.06. The first kappa shape index (κ1) is 11.6. The first-order valence-corrected chi connectivity index (χ1v) is 6.11. The van der Waals surface area contributed by atoms with Gasteiger partial charge in [-0.25, -0.2) is 0 Å². The van der Waals surface area contributed by atoms with Crippen LogP contribution in [0.25, 0.3) is 0 Å². The fourth-order valence-corrected chi connectivity index (χ4v) is 2.52. The molecule has 1 aliphatic rings. The van der Waals surface area contributed by atoms with Crippen LogP contribution in [0, 0.1) is 5.92 Å². The van der Waals surface area contributed by atoms with E-state index >= 15 is 0 Å². The molecule has 2 nitrogen and oxygen atoms in total. The van der Waals surface area contributed by atoms with Crippen LogP contribution in [0.2, 0.25) is 0 Å². The molecular formula is C14H21NO. The lowest BCUT2D eigenvalue weighted by Gasteiger charge is -2.36. The maximum atomic E-state index is 10.7. The Morgan fingerprint density at radius 1 is 1.50 bits per heavy atom. The molecule has 0 spiro atoms. The van der Waals surface area contributed by atoms with Crippen molar-refractivity contribution in [3.05, 3.63) is 35.4 Å². The Kier molecular flexibility index (Phi) is 3.04. The Labute approximate surface area is 97.7 Å². The van der Waals surface area contributed by atoms with Gasteiger partial charge in [0, 0.05) is 6.54 Å². The van der Waals surface area contributed by atoms with Crippen molar-refractivity contribution in [2.75, 3.05) is 0 Å². The summed E-state index contributed by atoms with van der Waals surface area (Å²) in [6, 6.07) is 8.43. The number of hydrogen-bond acceptors (Lipinski definition) is 2. The minimum atomic E-state index is -0.679. The molecule has 1 aliphatic heterocycles. The minimum absolute atomic E-state index is 0.0682. The van der Waals surface area contributed by atoms with E-state index in [0.717, 1.165) is 13.0 Å². The van der Waals surface area contributed by atoms with E-state index in [0.29, 0.717) is 0 Å². The largest absolute Gasteiger partial charge is 0.388 e. The summed E-state index contributed by atoms with van der Waals surface area (Å²) in [6.45, 7) is 7.05. The zero-order valence-corrected chi connectivity index (χ0v) is 10.3. The normalized spacial score (nSPS) is 24.9. The van der Waals surface area contributed by atoms with Crippen molar-refractivity contribution in [3.63, 3.8) is 0 Å². The van der Waals surface area contributed by atoms with Crippen LogP contribution in [-0.4, -0.2) is 10.7 Å². The lowest BCUT2D eigenvalue weighted by molar-refractivity contribution is -0.0284. The van der Waals surface area contributed by atoms with Crippen LogP contribution in [-0.2, 0) is 6.54 Å². The maximum Gasteiger partial charge on any atom is 0.0839 e. The first-order valence-electron chi connectivity index (χ1n) is 6.11. The monoisotopic (exact) mass is 219 g/mol. The highest BCUT2D eigenvalue weighted by Gasteiger charge is 2.40. The minimum Gasteiger partial charge on any atom is -0.388 e. The van der Waals surface area contributed by atoms with Crippen molar-refractivity contribution in [1.29, 1.82) is 0 Å². The second kappa shape index (κ2) is 4.19. The van der Waals surface area contributed by atoms with Gasteiger partial charge in [-0.05, 0) is 24.0 Å². The number of fused-ring (bicyclic) bond motifs is 1. The van der Waals surface area contributed by atoms with Crippen molar-refractivity contribution in [3.8, 4) is 0 Å². The summed E-state index contributed by atoms with van der Waals surface area (Å²) in [5.74, 6) is 0.288. The zero-order chi connectivity index (χ0) is 11.8. The predicted molar refractivity (Wildman–Crippen MR) is 66.1 cm³/mol. The van der Waals surface area contributed by atoms with Crippen LogP contribution in [0.4, 0.5) is 0 Å². The molecule has 0 saturated carbocycles. The van der Waals surface area contributed by atoms with Gasteiger partial charge >= 0.3 is 0 Å². The summed E-state index contributed by atoms with van der Waals surface area (Å²) in [6.07, 6.45) is 0.993. The molecular weight excluding hydrogens is 198 g/mol. The van der Waals surface area contributed by atoms with Gasteiger partial charge in [0.1, 0.15) is 0 Å². The fraction of sp³-hybridized carbons (Fsp3) is 0.571. The van der Waals surface area contributed by atoms with Crippen LogP contribution >= 0.6 is 0 Å². The molecule has 2 rings (SSSR count). The van der Waals surface area contributed by atoms with Crippen molar-refractivity contribution in [2.45, 2.75) is 45.4 Å². The Bertz CT molecular complexity index is 373. The van der Waals surface area contributed by atoms with Gasteiger partial charge in [-0.1, -0.05) is 44.5 Å².